The lowest BCUT2D eigenvalue weighted by Crippen LogP contribution is -2.46. The number of nitrogens with one attached hydrogen (secondary N) is 1. The molecule has 2 heteroatoms. The second-order valence-electron chi connectivity index (χ2n) is 6.83. The van der Waals surface area contributed by atoms with E-state index in [0.29, 0.717) is 12.1 Å². The molecular weight excluding hydrogens is 256 g/mol. The second-order valence-corrected chi connectivity index (χ2v) is 6.83. The third-order valence-electron chi connectivity index (χ3n) is 5.17. The summed E-state index contributed by atoms with van der Waals surface area (Å²) in [6.45, 7) is 14.8. The Kier molecular flexibility index (Phi) is 5.83. The summed E-state index contributed by atoms with van der Waals surface area (Å²) in [4.78, 5) is 2.68. The highest BCUT2D eigenvalue weighted by molar-refractivity contribution is 5.33. The molecule has 0 radical (unpaired) electrons. The van der Waals surface area contributed by atoms with Crippen LogP contribution in [0.25, 0.3) is 0 Å². The maximum atomic E-state index is 3.70. The summed E-state index contributed by atoms with van der Waals surface area (Å²) < 4.78 is 0. The largest absolute Gasteiger partial charge is 0.309 e. The summed E-state index contributed by atoms with van der Waals surface area (Å²) in [6, 6.07) is 8.02. The van der Waals surface area contributed by atoms with Crippen molar-refractivity contribution in [1.29, 1.82) is 0 Å². The molecule has 118 valence electrons. The molecule has 0 spiro atoms. The van der Waals surface area contributed by atoms with Crippen LogP contribution in [0.2, 0.25) is 0 Å². The SMILES string of the molecule is CCNC(CN1CCCC(C)C1C)c1ccc(C)cc1C. The van der Waals surface area contributed by atoms with Gasteiger partial charge in [-0.25, -0.2) is 0 Å². The lowest BCUT2D eigenvalue weighted by Gasteiger charge is -2.40. The molecule has 0 aromatic heterocycles. The minimum atomic E-state index is 0.448. The Morgan fingerprint density at radius 2 is 2.05 bits per heavy atom. The molecule has 21 heavy (non-hydrogen) atoms. The Bertz CT molecular complexity index is 455. The molecule has 3 atom stereocenters. The molecule has 1 fully saturated rings. The van der Waals surface area contributed by atoms with Gasteiger partial charge in [0.1, 0.15) is 0 Å². The molecule has 0 amide bonds. The highest BCUT2D eigenvalue weighted by Gasteiger charge is 2.27. The number of hydrogen-bond donors (Lipinski definition) is 1. The molecule has 2 rings (SSSR count). The van der Waals surface area contributed by atoms with Crippen LogP contribution < -0.4 is 5.32 Å². The van der Waals surface area contributed by atoms with Crippen molar-refractivity contribution in [3.63, 3.8) is 0 Å². The van der Waals surface area contributed by atoms with Crippen molar-refractivity contribution >= 4 is 0 Å². The van der Waals surface area contributed by atoms with Gasteiger partial charge in [0.2, 0.25) is 0 Å². The lowest BCUT2D eigenvalue weighted by molar-refractivity contribution is 0.102. The van der Waals surface area contributed by atoms with Crippen LogP contribution in [0.1, 0.15) is 56.3 Å². The van der Waals surface area contributed by atoms with E-state index in [1.165, 1.54) is 36.1 Å². The van der Waals surface area contributed by atoms with E-state index in [1.807, 2.05) is 0 Å². The van der Waals surface area contributed by atoms with Crippen molar-refractivity contribution in [2.45, 2.75) is 59.5 Å². The number of benzene rings is 1. The van der Waals surface area contributed by atoms with E-state index in [2.05, 4.69) is 63.0 Å². The van der Waals surface area contributed by atoms with Gasteiger partial charge in [0.15, 0.2) is 0 Å². The van der Waals surface area contributed by atoms with Crippen molar-refractivity contribution in [3.05, 3.63) is 34.9 Å². The van der Waals surface area contributed by atoms with Gasteiger partial charge in [-0.15, -0.1) is 0 Å². The van der Waals surface area contributed by atoms with E-state index in [4.69, 9.17) is 0 Å². The summed E-state index contributed by atoms with van der Waals surface area (Å²) in [5, 5.41) is 3.70. The topological polar surface area (TPSA) is 15.3 Å². The predicted octanol–water partition coefficient (Wildman–Crippen LogP) is 4.07. The van der Waals surface area contributed by atoms with Crippen LogP contribution in [0, 0.1) is 19.8 Å². The fraction of sp³-hybridized carbons (Fsp3) is 0.684. The van der Waals surface area contributed by atoms with Gasteiger partial charge in [-0.3, -0.25) is 4.90 Å². The molecule has 1 aliphatic rings. The summed E-state index contributed by atoms with van der Waals surface area (Å²) in [6.07, 6.45) is 2.73. The van der Waals surface area contributed by atoms with Crippen molar-refractivity contribution in [2.24, 2.45) is 5.92 Å². The van der Waals surface area contributed by atoms with Gasteiger partial charge in [0, 0.05) is 18.6 Å². The molecule has 1 saturated heterocycles. The minimum Gasteiger partial charge on any atom is -0.309 e. The lowest BCUT2D eigenvalue weighted by atomic mass is 9.90. The number of nitrogens with zero attached hydrogens (tertiary/aromatic N) is 1. The normalized spacial score (nSPS) is 25.0. The fourth-order valence-electron chi connectivity index (χ4n) is 3.65. The van der Waals surface area contributed by atoms with Crippen LogP contribution >= 0.6 is 0 Å². The summed E-state index contributed by atoms with van der Waals surface area (Å²) in [5.41, 5.74) is 4.23. The zero-order valence-corrected chi connectivity index (χ0v) is 14.4. The summed E-state index contributed by atoms with van der Waals surface area (Å²) in [5.74, 6) is 0.820. The maximum Gasteiger partial charge on any atom is 0.0451 e. The smallest absolute Gasteiger partial charge is 0.0451 e. The van der Waals surface area contributed by atoms with Gasteiger partial charge in [0.05, 0.1) is 0 Å². The molecular formula is C19H32N2. The van der Waals surface area contributed by atoms with Gasteiger partial charge < -0.3 is 5.32 Å². The first-order valence-corrected chi connectivity index (χ1v) is 8.57. The third kappa shape index (κ3) is 4.08. The Labute approximate surface area is 130 Å². The fourth-order valence-corrected chi connectivity index (χ4v) is 3.65. The maximum absolute atomic E-state index is 3.70. The summed E-state index contributed by atoms with van der Waals surface area (Å²) in [7, 11) is 0. The Morgan fingerprint density at radius 3 is 2.71 bits per heavy atom. The van der Waals surface area contributed by atoms with E-state index >= 15 is 0 Å². The second kappa shape index (κ2) is 7.42. The number of rotatable bonds is 5. The van der Waals surface area contributed by atoms with E-state index in [1.54, 1.807) is 0 Å². The number of aryl methyl sites for hydroxylation is 2. The first-order chi connectivity index (χ1) is 10.0. The van der Waals surface area contributed by atoms with Gasteiger partial charge in [-0.05, 0) is 63.7 Å². The third-order valence-corrected chi connectivity index (χ3v) is 5.17. The van der Waals surface area contributed by atoms with Crippen LogP contribution in [0.4, 0.5) is 0 Å². The van der Waals surface area contributed by atoms with E-state index in [9.17, 15) is 0 Å². The first-order valence-electron chi connectivity index (χ1n) is 8.57. The van der Waals surface area contributed by atoms with Gasteiger partial charge in [-0.2, -0.15) is 0 Å². The molecule has 3 unspecified atom stereocenters. The Hall–Kier alpha value is -0.860. The van der Waals surface area contributed by atoms with Crippen molar-refractivity contribution in [3.8, 4) is 0 Å². The predicted molar refractivity (Wildman–Crippen MR) is 91.8 cm³/mol. The molecule has 1 N–H and O–H groups in total. The van der Waals surface area contributed by atoms with Gasteiger partial charge >= 0.3 is 0 Å². The van der Waals surface area contributed by atoms with Crippen LogP contribution in [-0.4, -0.2) is 30.6 Å². The van der Waals surface area contributed by atoms with Crippen LogP contribution in [0.5, 0.6) is 0 Å². The van der Waals surface area contributed by atoms with E-state index < -0.39 is 0 Å². The monoisotopic (exact) mass is 288 g/mol. The Balaban J connectivity index is 2.15. The minimum absolute atomic E-state index is 0.448. The molecule has 1 aromatic rings. The molecule has 0 bridgehead atoms. The standard InChI is InChI=1S/C19H32N2/c1-6-20-19(18-10-9-14(2)12-16(18)4)13-21-11-7-8-15(3)17(21)5/h9-10,12,15,17,19-20H,6-8,11,13H2,1-5H3. The molecule has 0 saturated carbocycles. The average molecular weight is 288 g/mol. The van der Waals surface area contributed by atoms with Crippen molar-refractivity contribution in [2.75, 3.05) is 19.6 Å². The Morgan fingerprint density at radius 1 is 1.29 bits per heavy atom. The highest BCUT2D eigenvalue weighted by Crippen LogP contribution is 2.26. The quantitative estimate of drug-likeness (QED) is 0.878. The summed E-state index contributed by atoms with van der Waals surface area (Å²) >= 11 is 0. The van der Waals surface area contributed by atoms with Crippen LogP contribution in [0.3, 0.4) is 0 Å². The average Bonchev–Trinajstić information content (AvgIpc) is 2.43. The number of likely N-dealkylation sites (N-methyl/N-ethyl adjacent to an activating group) is 1. The number of piperidine rings is 1. The molecule has 0 aliphatic carbocycles. The zero-order chi connectivity index (χ0) is 15.4. The van der Waals surface area contributed by atoms with Gasteiger partial charge in [-0.1, -0.05) is 37.6 Å². The van der Waals surface area contributed by atoms with Crippen LogP contribution in [0.15, 0.2) is 18.2 Å². The first kappa shape index (κ1) is 16.5. The van der Waals surface area contributed by atoms with Gasteiger partial charge in [0.25, 0.3) is 0 Å². The van der Waals surface area contributed by atoms with Crippen molar-refractivity contribution in [1.82, 2.24) is 10.2 Å². The van der Waals surface area contributed by atoms with E-state index in [-0.39, 0.29) is 0 Å². The molecule has 1 aliphatic heterocycles. The zero-order valence-electron chi connectivity index (χ0n) is 14.4. The molecule has 2 nitrogen and oxygen atoms in total. The molecule has 1 aromatic carbocycles. The van der Waals surface area contributed by atoms with Crippen LogP contribution in [-0.2, 0) is 0 Å². The number of likely N-dealkylation sites (tertiary alicyclic amines) is 1. The molecule has 1 heterocycles. The highest BCUT2D eigenvalue weighted by atomic mass is 15.2. The van der Waals surface area contributed by atoms with E-state index in [0.717, 1.165) is 19.0 Å². The number of hydrogen-bond acceptors (Lipinski definition) is 2. The van der Waals surface area contributed by atoms with Crippen molar-refractivity contribution < 1.29 is 0 Å².